The molecule has 0 aliphatic heterocycles. The van der Waals surface area contributed by atoms with E-state index in [0.717, 1.165) is 28.1 Å². The van der Waals surface area contributed by atoms with Crippen molar-refractivity contribution in [2.75, 3.05) is 5.32 Å². The number of amides is 2. The first-order valence-electron chi connectivity index (χ1n) is 10.8. The number of halogens is 1. The van der Waals surface area contributed by atoms with E-state index < -0.39 is 11.9 Å². The van der Waals surface area contributed by atoms with Crippen molar-refractivity contribution in [1.82, 2.24) is 25.3 Å². The fraction of sp³-hybridized carbons (Fsp3) is 0.200. The highest BCUT2D eigenvalue weighted by atomic mass is 35.5. The molecule has 0 unspecified atom stereocenters. The predicted octanol–water partition coefficient (Wildman–Crippen LogP) is 4.06. The highest BCUT2D eigenvalue weighted by Gasteiger charge is 2.24. The van der Waals surface area contributed by atoms with Crippen LogP contribution in [0.1, 0.15) is 27.4 Å². The molecular formula is C25H25ClN6O2. The molecule has 9 heteroatoms. The molecule has 0 fully saturated rings. The molecule has 2 heterocycles. The summed E-state index contributed by atoms with van der Waals surface area (Å²) in [6, 6.07) is 15.5. The molecule has 1 atom stereocenters. The van der Waals surface area contributed by atoms with Gasteiger partial charge in [-0.2, -0.15) is 10.2 Å². The Bertz CT molecular complexity index is 1310. The van der Waals surface area contributed by atoms with Gasteiger partial charge in [0.2, 0.25) is 5.91 Å². The maximum Gasteiger partial charge on any atom is 0.270 e. The van der Waals surface area contributed by atoms with Crippen molar-refractivity contribution in [1.29, 1.82) is 0 Å². The molecule has 0 aliphatic carbocycles. The summed E-state index contributed by atoms with van der Waals surface area (Å²) >= 11 is 6.32. The monoisotopic (exact) mass is 476 g/mol. The minimum absolute atomic E-state index is 0.237. The first-order chi connectivity index (χ1) is 16.3. The van der Waals surface area contributed by atoms with E-state index in [1.54, 1.807) is 19.2 Å². The number of carbonyl (C=O) groups excluding carboxylic acids is 2. The van der Waals surface area contributed by atoms with Crippen LogP contribution in [0.4, 0.5) is 5.69 Å². The summed E-state index contributed by atoms with van der Waals surface area (Å²) in [6.07, 6.45) is 1.77. The van der Waals surface area contributed by atoms with E-state index >= 15 is 0 Å². The Labute approximate surface area is 202 Å². The fourth-order valence-electron chi connectivity index (χ4n) is 3.85. The van der Waals surface area contributed by atoms with Gasteiger partial charge >= 0.3 is 0 Å². The number of nitrogens with one attached hydrogen (secondary N) is 3. The van der Waals surface area contributed by atoms with E-state index in [1.165, 1.54) is 10.9 Å². The molecular weight excluding hydrogens is 452 g/mol. The Morgan fingerprint density at radius 2 is 1.82 bits per heavy atom. The SMILES string of the molecule is Cc1n[nH]c(C)c1-c1ccc(NC(=O)[C@H](Cc2ccccc2Cl)NC(=O)c2ccnn2C)cc1. The summed E-state index contributed by atoms with van der Waals surface area (Å²) in [6.45, 7) is 3.91. The average Bonchev–Trinajstić information content (AvgIpc) is 3.40. The van der Waals surface area contributed by atoms with Crippen LogP contribution in [0.15, 0.2) is 60.8 Å². The summed E-state index contributed by atoms with van der Waals surface area (Å²) in [4.78, 5) is 26.0. The number of H-pyrrole nitrogens is 1. The van der Waals surface area contributed by atoms with Crippen LogP contribution in [0.3, 0.4) is 0 Å². The van der Waals surface area contributed by atoms with Crippen molar-refractivity contribution in [2.45, 2.75) is 26.3 Å². The van der Waals surface area contributed by atoms with Crippen LogP contribution >= 0.6 is 11.6 Å². The number of benzene rings is 2. The van der Waals surface area contributed by atoms with Gasteiger partial charge in [0.05, 0.1) is 5.69 Å². The first kappa shape index (κ1) is 23.3. The van der Waals surface area contributed by atoms with Gasteiger partial charge in [0.15, 0.2) is 0 Å². The largest absolute Gasteiger partial charge is 0.339 e. The van der Waals surface area contributed by atoms with Crippen LogP contribution in [-0.4, -0.2) is 37.8 Å². The molecule has 0 spiro atoms. The molecule has 0 aliphatic rings. The number of aromatic amines is 1. The number of rotatable bonds is 7. The van der Waals surface area contributed by atoms with Crippen LogP contribution in [-0.2, 0) is 18.3 Å². The van der Waals surface area contributed by atoms with Gasteiger partial charge in [-0.25, -0.2) is 0 Å². The van der Waals surface area contributed by atoms with Gasteiger partial charge in [0, 0.05) is 41.6 Å². The number of hydrogen-bond acceptors (Lipinski definition) is 4. The molecule has 0 radical (unpaired) electrons. The molecule has 0 bridgehead atoms. The first-order valence-corrected chi connectivity index (χ1v) is 11.2. The standard InChI is InChI=1S/C25H25ClN6O2/c1-15-23(16(2)31-30-15)17-8-10-19(11-9-17)28-24(33)21(14-18-6-4-5-7-20(18)26)29-25(34)22-12-13-27-32(22)3/h4-13,21H,14H2,1-3H3,(H,28,33)(H,29,34)(H,30,31)/t21-/m0/s1. The van der Waals surface area contributed by atoms with E-state index in [9.17, 15) is 9.59 Å². The average molecular weight is 477 g/mol. The lowest BCUT2D eigenvalue weighted by Gasteiger charge is -2.19. The third-order valence-electron chi connectivity index (χ3n) is 5.63. The zero-order chi connectivity index (χ0) is 24.2. The van der Waals surface area contributed by atoms with E-state index in [-0.39, 0.29) is 12.3 Å². The van der Waals surface area contributed by atoms with Crippen molar-refractivity contribution in [3.8, 4) is 11.1 Å². The lowest BCUT2D eigenvalue weighted by atomic mass is 10.0. The van der Waals surface area contributed by atoms with Gasteiger partial charge in [0.1, 0.15) is 11.7 Å². The van der Waals surface area contributed by atoms with Crippen LogP contribution in [0.2, 0.25) is 5.02 Å². The van der Waals surface area contributed by atoms with Crippen molar-refractivity contribution in [2.24, 2.45) is 7.05 Å². The van der Waals surface area contributed by atoms with Gasteiger partial charge < -0.3 is 10.6 Å². The van der Waals surface area contributed by atoms with Crippen LogP contribution in [0, 0.1) is 13.8 Å². The summed E-state index contributed by atoms with van der Waals surface area (Å²) in [5.41, 5.74) is 5.66. The lowest BCUT2D eigenvalue weighted by Crippen LogP contribution is -2.45. The zero-order valence-electron chi connectivity index (χ0n) is 19.1. The van der Waals surface area contributed by atoms with Gasteiger partial charge in [-0.05, 0) is 49.2 Å². The molecule has 4 rings (SSSR count). The second kappa shape index (κ2) is 9.93. The normalized spacial score (nSPS) is 11.8. The Morgan fingerprint density at radius 1 is 1.09 bits per heavy atom. The quantitative estimate of drug-likeness (QED) is 0.374. The molecule has 8 nitrogen and oxygen atoms in total. The molecule has 174 valence electrons. The summed E-state index contributed by atoms with van der Waals surface area (Å²) in [5.74, 6) is -0.743. The third-order valence-corrected chi connectivity index (χ3v) is 6.00. The predicted molar refractivity (Wildman–Crippen MR) is 132 cm³/mol. The minimum atomic E-state index is -0.847. The fourth-order valence-corrected chi connectivity index (χ4v) is 4.06. The molecule has 2 amide bonds. The third kappa shape index (κ3) is 5.02. The molecule has 0 saturated carbocycles. The number of hydrogen-bond donors (Lipinski definition) is 3. The minimum Gasteiger partial charge on any atom is -0.339 e. The van der Waals surface area contributed by atoms with E-state index in [0.29, 0.717) is 16.4 Å². The Morgan fingerprint density at radius 3 is 2.44 bits per heavy atom. The number of aryl methyl sites for hydroxylation is 3. The smallest absolute Gasteiger partial charge is 0.270 e. The van der Waals surface area contributed by atoms with Gasteiger partial charge in [0.25, 0.3) is 5.91 Å². The molecule has 34 heavy (non-hydrogen) atoms. The zero-order valence-corrected chi connectivity index (χ0v) is 19.8. The Kier molecular flexibility index (Phi) is 6.79. The van der Waals surface area contributed by atoms with E-state index in [4.69, 9.17) is 11.6 Å². The summed E-state index contributed by atoms with van der Waals surface area (Å²) in [5, 5.41) is 17.5. The molecule has 2 aromatic carbocycles. The lowest BCUT2D eigenvalue weighted by molar-refractivity contribution is -0.118. The van der Waals surface area contributed by atoms with Gasteiger partial charge in [-0.15, -0.1) is 0 Å². The van der Waals surface area contributed by atoms with E-state index in [1.807, 2.05) is 56.3 Å². The summed E-state index contributed by atoms with van der Waals surface area (Å²) in [7, 11) is 1.67. The second-order valence-corrected chi connectivity index (χ2v) is 8.44. The van der Waals surface area contributed by atoms with Crippen LogP contribution in [0.25, 0.3) is 11.1 Å². The Hall–Kier alpha value is -3.91. The second-order valence-electron chi connectivity index (χ2n) is 8.04. The van der Waals surface area contributed by atoms with Gasteiger partial charge in [-0.3, -0.25) is 19.4 Å². The number of carbonyl (C=O) groups is 2. The topological polar surface area (TPSA) is 105 Å². The highest BCUT2D eigenvalue weighted by Crippen LogP contribution is 2.26. The van der Waals surface area contributed by atoms with E-state index in [2.05, 4.69) is 25.9 Å². The molecule has 3 N–H and O–H groups in total. The van der Waals surface area contributed by atoms with Crippen LogP contribution in [0.5, 0.6) is 0 Å². The van der Waals surface area contributed by atoms with Gasteiger partial charge in [-0.1, -0.05) is 41.9 Å². The molecule has 2 aromatic heterocycles. The number of aromatic nitrogens is 4. The van der Waals surface area contributed by atoms with Crippen molar-refractivity contribution in [3.05, 3.63) is 88.5 Å². The number of nitrogens with zero attached hydrogens (tertiary/aromatic N) is 3. The van der Waals surface area contributed by atoms with Crippen molar-refractivity contribution < 1.29 is 9.59 Å². The Balaban J connectivity index is 1.54. The summed E-state index contributed by atoms with van der Waals surface area (Å²) < 4.78 is 1.46. The van der Waals surface area contributed by atoms with Crippen molar-refractivity contribution >= 4 is 29.1 Å². The molecule has 4 aromatic rings. The van der Waals surface area contributed by atoms with Crippen molar-refractivity contribution in [3.63, 3.8) is 0 Å². The highest BCUT2D eigenvalue weighted by molar-refractivity contribution is 6.31. The van der Waals surface area contributed by atoms with Crippen LogP contribution < -0.4 is 10.6 Å². The maximum absolute atomic E-state index is 13.2. The maximum atomic E-state index is 13.2. The molecule has 0 saturated heterocycles. The number of anilines is 1.